The monoisotopic (exact) mass is 446 g/mol. The lowest BCUT2D eigenvalue weighted by molar-refractivity contribution is 0.0784. The molecule has 1 fully saturated rings. The molecule has 0 atom stereocenters. The molecular weight excluding hydrogens is 419 g/mol. The highest BCUT2D eigenvalue weighted by Gasteiger charge is 2.27. The van der Waals surface area contributed by atoms with Crippen molar-refractivity contribution in [3.8, 4) is 16.9 Å². The molecular formula is C26H27FN4O2. The van der Waals surface area contributed by atoms with Crippen LogP contribution in [-0.4, -0.2) is 35.2 Å². The number of aryl methyl sites for hydroxylation is 2. The van der Waals surface area contributed by atoms with E-state index < -0.39 is 5.82 Å². The highest BCUT2D eigenvalue weighted by molar-refractivity contribution is 5.96. The Hall–Kier alpha value is -3.74. The molecule has 2 aromatic carbocycles. The minimum Gasteiger partial charge on any atom is -0.490 e. The first-order valence-corrected chi connectivity index (χ1v) is 10.9. The van der Waals surface area contributed by atoms with E-state index >= 15 is 4.39 Å². The van der Waals surface area contributed by atoms with Crippen LogP contribution < -0.4 is 10.5 Å². The first kappa shape index (κ1) is 22.5. The molecule has 1 aromatic heterocycles. The molecule has 4 rings (SSSR count). The van der Waals surface area contributed by atoms with E-state index in [0.717, 1.165) is 24.6 Å². The van der Waals surface area contributed by atoms with Gasteiger partial charge in [-0.1, -0.05) is 29.8 Å². The molecule has 7 heteroatoms. The molecule has 1 heterocycles. The molecule has 33 heavy (non-hydrogen) atoms. The van der Waals surface area contributed by atoms with Gasteiger partial charge in [0.25, 0.3) is 5.91 Å². The molecule has 1 aliphatic carbocycles. The lowest BCUT2D eigenvalue weighted by Crippen LogP contribution is -2.27. The number of benzene rings is 2. The number of carbonyl (C=O) groups is 1. The summed E-state index contributed by atoms with van der Waals surface area (Å²) in [7, 11) is 1.62. The maximum atomic E-state index is 15.4. The fourth-order valence-corrected chi connectivity index (χ4v) is 3.78. The zero-order valence-corrected chi connectivity index (χ0v) is 19.0. The van der Waals surface area contributed by atoms with E-state index in [4.69, 9.17) is 15.9 Å². The summed E-state index contributed by atoms with van der Waals surface area (Å²) in [6, 6.07) is 10.5. The highest BCUT2D eigenvalue weighted by atomic mass is 19.1. The number of hydrogen-bond acceptors (Lipinski definition) is 5. The van der Waals surface area contributed by atoms with Crippen molar-refractivity contribution in [2.75, 3.05) is 12.8 Å². The molecule has 3 aromatic rings. The summed E-state index contributed by atoms with van der Waals surface area (Å²) < 4.78 is 21.4. The number of nitrogens with zero attached hydrogens (tertiary/aromatic N) is 2. The lowest BCUT2D eigenvalue weighted by Gasteiger charge is -2.21. The molecule has 1 aliphatic rings. The Morgan fingerprint density at radius 2 is 2.06 bits per heavy atom. The van der Waals surface area contributed by atoms with E-state index in [1.165, 1.54) is 11.0 Å². The maximum Gasteiger partial charge on any atom is 0.254 e. The first-order chi connectivity index (χ1) is 15.8. The number of hydrogen-bond donors (Lipinski definition) is 2. The van der Waals surface area contributed by atoms with Crippen molar-refractivity contribution >= 4 is 17.8 Å². The van der Waals surface area contributed by atoms with Gasteiger partial charge in [-0.3, -0.25) is 9.78 Å². The van der Waals surface area contributed by atoms with Gasteiger partial charge in [-0.15, -0.1) is 0 Å². The molecule has 0 bridgehead atoms. The summed E-state index contributed by atoms with van der Waals surface area (Å²) >= 11 is 0. The van der Waals surface area contributed by atoms with Gasteiger partial charge in [-0.2, -0.15) is 0 Å². The van der Waals surface area contributed by atoms with Crippen LogP contribution in [0.15, 0.2) is 42.6 Å². The van der Waals surface area contributed by atoms with Gasteiger partial charge in [-0.05, 0) is 44.4 Å². The second kappa shape index (κ2) is 9.02. The van der Waals surface area contributed by atoms with Crippen LogP contribution >= 0.6 is 0 Å². The number of nitrogens with one attached hydrogen (secondary N) is 1. The molecule has 0 unspecified atom stereocenters. The van der Waals surface area contributed by atoms with E-state index in [0.29, 0.717) is 39.4 Å². The zero-order valence-electron chi connectivity index (χ0n) is 19.0. The first-order valence-electron chi connectivity index (χ1n) is 10.9. The van der Waals surface area contributed by atoms with Gasteiger partial charge in [0.1, 0.15) is 11.6 Å². The highest BCUT2D eigenvalue weighted by Crippen LogP contribution is 2.38. The van der Waals surface area contributed by atoms with E-state index in [2.05, 4.69) is 4.98 Å². The number of nitrogens with two attached hydrogens (primary N) is 1. The maximum absolute atomic E-state index is 15.4. The number of pyridine rings is 1. The Bertz CT molecular complexity index is 1240. The van der Waals surface area contributed by atoms with Gasteiger partial charge in [0.2, 0.25) is 0 Å². The van der Waals surface area contributed by atoms with Gasteiger partial charge in [0.05, 0.1) is 11.7 Å². The topological polar surface area (TPSA) is 92.3 Å². The van der Waals surface area contributed by atoms with Gasteiger partial charge < -0.3 is 20.8 Å². The van der Waals surface area contributed by atoms with Crippen LogP contribution in [0.3, 0.4) is 0 Å². The largest absolute Gasteiger partial charge is 0.490 e. The standard InChI is InChI=1S/C26H27FN4O2/c1-15-5-4-6-17(9-15)24-22(27)10-18(11-23(24)33-20-7-8-20)26(32)31(3)14-19-13-30-16(2)21(12-28)25(19)29/h4-6,9-13,20,28H,7-8,14H2,1-3H3,(H2,29,30). The summed E-state index contributed by atoms with van der Waals surface area (Å²) in [5, 5.41) is 7.55. The van der Waals surface area contributed by atoms with Crippen LogP contribution in [0.2, 0.25) is 0 Å². The second-order valence-corrected chi connectivity index (χ2v) is 8.52. The van der Waals surface area contributed by atoms with E-state index in [1.807, 2.05) is 31.2 Å². The van der Waals surface area contributed by atoms with Crippen molar-refractivity contribution in [2.24, 2.45) is 0 Å². The summed E-state index contributed by atoms with van der Waals surface area (Å²) in [5.74, 6) is -0.484. The predicted octanol–water partition coefficient (Wildman–Crippen LogP) is 4.90. The lowest BCUT2D eigenvalue weighted by atomic mass is 9.99. The fraction of sp³-hybridized carbons (Fsp3) is 0.269. The number of halogens is 1. The van der Waals surface area contributed by atoms with Gasteiger partial charge in [0, 0.05) is 54.1 Å². The molecule has 1 amide bonds. The van der Waals surface area contributed by atoms with Crippen LogP contribution in [0.4, 0.5) is 10.1 Å². The van der Waals surface area contributed by atoms with Crippen LogP contribution in [0, 0.1) is 25.1 Å². The number of rotatable bonds is 7. The number of amides is 1. The van der Waals surface area contributed by atoms with E-state index in [-0.39, 0.29) is 24.1 Å². The van der Waals surface area contributed by atoms with Gasteiger partial charge in [0.15, 0.2) is 0 Å². The smallest absolute Gasteiger partial charge is 0.254 e. The van der Waals surface area contributed by atoms with Crippen LogP contribution in [-0.2, 0) is 6.54 Å². The third-order valence-corrected chi connectivity index (χ3v) is 5.76. The second-order valence-electron chi connectivity index (χ2n) is 8.52. The minimum absolute atomic E-state index is 0.0500. The van der Waals surface area contributed by atoms with Crippen molar-refractivity contribution in [1.82, 2.24) is 9.88 Å². The predicted molar refractivity (Wildman–Crippen MR) is 127 cm³/mol. The summed E-state index contributed by atoms with van der Waals surface area (Å²) in [6.07, 6.45) is 4.65. The number of anilines is 1. The fourth-order valence-electron chi connectivity index (χ4n) is 3.78. The van der Waals surface area contributed by atoms with Crippen molar-refractivity contribution in [1.29, 1.82) is 5.41 Å². The zero-order chi connectivity index (χ0) is 23.7. The van der Waals surface area contributed by atoms with Crippen LogP contribution in [0.5, 0.6) is 5.75 Å². The van der Waals surface area contributed by atoms with Crippen LogP contribution in [0.25, 0.3) is 11.1 Å². The minimum atomic E-state index is -0.502. The number of ether oxygens (including phenoxy) is 1. The Labute approximate surface area is 192 Å². The molecule has 3 N–H and O–H groups in total. The van der Waals surface area contributed by atoms with Gasteiger partial charge in [-0.25, -0.2) is 4.39 Å². The Morgan fingerprint density at radius 3 is 2.73 bits per heavy atom. The molecule has 0 radical (unpaired) electrons. The van der Waals surface area contributed by atoms with Crippen molar-refractivity contribution < 1.29 is 13.9 Å². The molecule has 6 nitrogen and oxygen atoms in total. The third-order valence-electron chi connectivity index (χ3n) is 5.76. The van der Waals surface area contributed by atoms with Gasteiger partial charge >= 0.3 is 0 Å². The summed E-state index contributed by atoms with van der Waals surface area (Å²) in [6.45, 7) is 3.90. The molecule has 0 spiro atoms. The number of nitrogen functional groups attached to an aromatic ring is 1. The van der Waals surface area contributed by atoms with Crippen LogP contribution in [0.1, 0.15) is 45.6 Å². The average Bonchev–Trinajstić information content (AvgIpc) is 3.59. The summed E-state index contributed by atoms with van der Waals surface area (Å²) in [4.78, 5) is 18.9. The molecule has 1 saturated carbocycles. The van der Waals surface area contributed by atoms with Crippen molar-refractivity contribution in [3.63, 3.8) is 0 Å². The normalized spacial score (nSPS) is 13.0. The van der Waals surface area contributed by atoms with Crippen molar-refractivity contribution in [3.05, 3.63) is 76.4 Å². The Kier molecular flexibility index (Phi) is 6.14. The Balaban J connectivity index is 1.66. The third kappa shape index (κ3) is 4.72. The van der Waals surface area contributed by atoms with E-state index in [9.17, 15) is 4.79 Å². The molecule has 0 saturated heterocycles. The van der Waals surface area contributed by atoms with Crippen molar-refractivity contribution in [2.45, 2.75) is 39.3 Å². The number of aromatic nitrogens is 1. The quantitative estimate of drug-likeness (QED) is 0.505. The summed E-state index contributed by atoms with van der Waals surface area (Å²) in [5.41, 5.74) is 10.7. The van der Waals surface area contributed by atoms with E-state index in [1.54, 1.807) is 26.2 Å². The average molecular weight is 447 g/mol. The SMILES string of the molecule is Cc1cccc(-c2c(F)cc(C(=O)N(C)Cc3cnc(C)c(C=N)c3N)cc2OC2CC2)c1. The molecule has 170 valence electrons. The number of carbonyl (C=O) groups excluding carboxylic acids is 1. The molecule has 0 aliphatic heterocycles. The Morgan fingerprint density at radius 1 is 1.30 bits per heavy atom.